The van der Waals surface area contributed by atoms with Crippen molar-refractivity contribution in [3.8, 4) is 0 Å². The highest BCUT2D eigenvalue weighted by Crippen LogP contribution is 2.39. The van der Waals surface area contributed by atoms with Gasteiger partial charge in [0.05, 0.1) is 0 Å². The van der Waals surface area contributed by atoms with Crippen molar-refractivity contribution in [2.24, 2.45) is 0 Å². The molecule has 144 valence electrons. The normalized spacial score (nSPS) is 19.1. The Morgan fingerprint density at radius 1 is 1.30 bits per heavy atom. The summed E-state index contributed by atoms with van der Waals surface area (Å²) in [5.74, 6) is -2.07. The molecule has 0 fully saturated rings. The van der Waals surface area contributed by atoms with Crippen LogP contribution in [-0.4, -0.2) is 40.4 Å². The second kappa shape index (κ2) is 7.01. The van der Waals surface area contributed by atoms with Gasteiger partial charge >= 0.3 is 12.1 Å². The smallest absolute Gasteiger partial charge is 0.410 e. The predicted octanol–water partition coefficient (Wildman–Crippen LogP) is 3.37. The molecule has 10 heteroatoms. The molecule has 1 aromatic heterocycles. The van der Waals surface area contributed by atoms with Crippen LogP contribution in [0.25, 0.3) is 0 Å². The lowest BCUT2D eigenvalue weighted by Gasteiger charge is -2.31. The number of ether oxygens (including phenoxy) is 1. The SMILES string of the molecule is C[C@H]1C[C@@H](C(F)(F)F)n2nc(C(=O)OCC(=O)c3ccc(F)cc3)cc2N1. The maximum Gasteiger partial charge on any atom is 0.410 e. The van der Waals surface area contributed by atoms with E-state index in [2.05, 4.69) is 10.4 Å². The molecule has 1 aliphatic rings. The number of halogens is 4. The monoisotopic (exact) mass is 385 g/mol. The van der Waals surface area contributed by atoms with E-state index in [9.17, 15) is 27.2 Å². The molecule has 0 amide bonds. The highest BCUT2D eigenvalue weighted by molar-refractivity contribution is 5.99. The maximum absolute atomic E-state index is 13.2. The van der Waals surface area contributed by atoms with Crippen molar-refractivity contribution in [2.45, 2.75) is 31.6 Å². The minimum atomic E-state index is -4.52. The van der Waals surface area contributed by atoms with Crippen LogP contribution in [0.2, 0.25) is 0 Å². The number of esters is 1. The van der Waals surface area contributed by atoms with Crippen LogP contribution in [0.1, 0.15) is 40.2 Å². The quantitative estimate of drug-likeness (QED) is 0.496. The summed E-state index contributed by atoms with van der Waals surface area (Å²) in [6, 6.07) is 3.49. The number of aromatic nitrogens is 2. The molecule has 0 saturated carbocycles. The van der Waals surface area contributed by atoms with Gasteiger partial charge in [-0.1, -0.05) is 0 Å². The van der Waals surface area contributed by atoms with Gasteiger partial charge in [-0.3, -0.25) is 4.79 Å². The Labute approximate surface area is 151 Å². The number of carbonyl (C=O) groups is 2. The molecule has 27 heavy (non-hydrogen) atoms. The fourth-order valence-electron chi connectivity index (χ4n) is 2.78. The number of Topliss-reactive ketones (excluding diaryl/α,β-unsaturated/α-hetero) is 1. The molecular weight excluding hydrogens is 370 g/mol. The van der Waals surface area contributed by atoms with Gasteiger partial charge in [-0.2, -0.15) is 18.3 Å². The van der Waals surface area contributed by atoms with Crippen LogP contribution in [-0.2, 0) is 4.74 Å². The van der Waals surface area contributed by atoms with E-state index in [1.54, 1.807) is 6.92 Å². The molecule has 0 bridgehead atoms. The largest absolute Gasteiger partial charge is 0.453 e. The molecule has 2 aromatic rings. The van der Waals surface area contributed by atoms with Crippen LogP contribution in [0, 0.1) is 5.82 Å². The highest BCUT2D eigenvalue weighted by atomic mass is 19.4. The Morgan fingerprint density at radius 2 is 1.96 bits per heavy atom. The molecule has 6 nitrogen and oxygen atoms in total. The summed E-state index contributed by atoms with van der Waals surface area (Å²) in [6.45, 7) is 0.952. The Hall–Kier alpha value is -2.91. The third kappa shape index (κ3) is 4.09. The molecule has 0 unspecified atom stereocenters. The van der Waals surface area contributed by atoms with Crippen LogP contribution < -0.4 is 5.32 Å². The van der Waals surface area contributed by atoms with Gasteiger partial charge in [-0.05, 0) is 37.6 Å². The van der Waals surface area contributed by atoms with E-state index in [4.69, 9.17) is 4.74 Å². The maximum atomic E-state index is 13.2. The van der Waals surface area contributed by atoms with Crippen molar-refractivity contribution in [1.82, 2.24) is 9.78 Å². The first-order valence-electron chi connectivity index (χ1n) is 8.04. The summed E-state index contributed by atoms with van der Waals surface area (Å²) in [7, 11) is 0. The molecule has 0 aliphatic carbocycles. The number of ketones is 1. The first kappa shape index (κ1) is 18.9. The van der Waals surface area contributed by atoms with Crippen molar-refractivity contribution in [1.29, 1.82) is 0 Å². The fourth-order valence-corrected chi connectivity index (χ4v) is 2.78. The van der Waals surface area contributed by atoms with Crippen LogP contribution in [0.4, 0.5) is 23.4 Å². The lowest BCUT2D eigenvalue weighted by Crippen LogP contribution is -2.37. The summed E-state index contributed by atoms with van der Waals surface area (Å²) in [5, 5.41) is 6.52. The van der Waals surface area contributed by atoms with Gasteiger partial charge in [-0.25, -0.2) is 13.9 Å². The van der Waals surface area contributed by atoms with Gasteiger partial charge < -0.3 is 10.1 Å². The van der Waals surface area contributed by atoms with Gasteiger partial charge in [0.15, 0.2) is 24.1 Å². The number of rotatable bonds is 4. The van der Waals surface area contributed by atoms with Crippen molar-refractivity contribution in [2.75, 3.05) is 11.9 Å². The van der Waals surface area contributed by atoms with Gasteiger partial charge in [-0.15, -0.1) is 0 Å². The summed E-state index contributed by atoms with van der Waals surface area (Å²) >= 11 is 0. The third-order valence-electron chi connectivity index (χ3n) is 4.09. The molecule has 2 atom stereocenters. The zero-order valence-corrected chi connectivity index (χ0v) is 14.1. The first-order chi connectivity index (χ1) is 12.6. The van der Waals surface area contributed by atoms with E-state index in [1.165, 1.54) is 12.1 Å². The van der Waals surface area contributed by atoms with Crippen LogP contribution in [0.3, 0.4) is 0 Å². The minimum Gasteiger partial charge on any atom is -0.453 e. The number of hydrogen-bond donors (Lipinski definition) is 1. The minimum absolute atomic E-state index is 0.0490. The Morgan fingerprint density at radius 3 is 2.59 bits per heavy atom. The molecule has 0 saturated heterocycles. The number of nitrogens with zero attached hydrogens (tertiary/aromatic N) is 2. The van der Waals surface area contributed by atoms with Crippen molar-refractivity contribution < 1.29 is 31.9 Å². The number of fused-ring (bicyclic) bond motifs is 1. The molecule has 2 heterocycles. The van der Waals surface area contributed by atoms with Crippen LogP contribution >= 0.6 is 0 Å². The van der Waals surface area contributed by atoms with Gasteiger partial charge in [0, 0.05) is 17.7 Å². The van der Waals surface area contributed by atoms with Gasteiger partial charge in [0.25, 0.3) is 0 Å². The molecular formula is C17H15F4N3O3. The topological polar surface area (TPSA) is 73.2 Å². The summed E-state index contributed by atoms with van der Waals surface area (Å²) < 4.78 is 58.0. The molecule has 0 radical (unpaired) electrons. The average Bonchev–Trinajstić information content (AvgIpc) is 3.02. The zero-order chi connectivity index (χ0) is 19.8. The van der Waals surface area contributed by atoms with Crippen molar-refractivity contribution in [3.63, 3.8) is 0 Å². The molecule has 3 rings (SSSR count). The second-order valence-electron chi connectivity index (χ2n) is 6.20. The van der Waals surface area contributed by atoms with E-state index in [0.717, 1.165) is 18.2 Å². The molecule has 0 spiro atoms. The number of nitrogens with one attached hydrogen (secondary N) is 1. The van der Waals surface area contributed by atoms with Crippen LogP contribution in [0.15, 0.2) is 30.3 Å². The number of benzene rings is 1. The van der Waals surface area contributed by atoms with Gasteiger partial charge in [0.2, 0.25) is 0 Å². The number of hydrogen-bond acceptors (Lipinski definition) is 5. The van der Waals surface area contributed by atoms with E-state index < -0.39 is 42.4 Å². The summed E-state index contributed by atoms with van der Waals surface area (Å²) in [6.07, 6.45) is -4.74. The van der Waals surface area contributed by atoms with E-state index in [1.807, 2.05) is 0 Å². The van der Waals surface area contributed by atoms with E-state index in [0.29, 0.717) is 4.68 Å². The molecule has 1 aromatic carbocycles. The number of alkyl halides is 3. The van der Waals surface area contributed by atoms with Gasteiger partial charge in [0.1, 0.15) is 11.6 Å². The standard InChI is InChI=1S/C17H15F4N3O3/c1-9-6-14(17(19,20)21)24-15(22-9)7-12(23-24)16(26)27-8-13(25)10-2-4-11(18)5-3-10/h2-5,7,9,14,22H,6,8H2,1H3/t9-,14-/m0/s1. The Kier molecular flexibility index (Phi) is 4.90. The number of anilines is 1. The lowest BCUT2D eigenvalue weighted by molar-refractivity contribution is -0.173. The Bertz CT molecular complexity index is 861. The average molecular weight is 385 g/mol. The summed E-state index contributed by atoms with van der Waals surface area (Å²) in [4.78, 5) is 24.0. The highest BCUT2D eigenvalue weighted by Gasteiger charge is 2.45. The van der Waals surface area contributed by atoms with Crippen molar-refractivity contribution in [3.05, 3.63) is 47.4 Å². The zero-order valence-electron chi connectivity index (χ0n) is 14.1. The summed E-state index contributed by atoms with van der Waals surface area (Å²) in [5.41, 5.74) is -0.200. The fraction of sp³-hybridized carbons (Fsp3) is 0.353. The van der Waals surface area contributed by atoms with E-state index in [-0.39, 0.29) is 23.5 Å². The molecule has 1 N–H and O–H groups in total. The molecule has 1 aliphatic heterocycles. The first-order valence-corrected chi connectivity index (χ1v) is 8.04. The third-order valence-corrected chi connectivity index (χ3v) is 4.09. The predicted molar refractivity (Wildman–Crippen MR) is 86.0 cm³/mol. The lowest BCUT2D eigenvalue weighted by atomic mass is 10.1. The second-order valence-corrected chi connectivity index (χ2v) is 6.20. The Balaban J connectivity index is 1.71. The number of carbonyl (C=O) groups excluding carboxylic acids is 2. The van der Waals surface area contributed by atoms with Crippen LogP contribution in [0.5, 0.6) is 0 Å². The van der Waals surface area contributed by atoms with Crippen molar-refractivity contribution >= 4 is 17.6 Å². The van der Waals surface area contributed by atoms with E-state index >= 15 is 0 Å².